The van der Waals surface area contributed by atoms with Gasteiger partial charge in [0, 0.05) is 17.7 Å². The molecule has 2 heterocycles. The van der Waals surface area contributed by atoms with E-state index in [9.17, 15) is 13.2 Å². The van der Waals surface area contributed by atoms with Gasteiger partial charge in [0.05, 0.1) is 27.7 Å². The van der Waals surface area contributed by atoms with Gasteiger partial charge >= 0.3 is 0 Å². The second-order valence-electron chi connectivity index (χ2n) is 6.92. The Hall–Kier alpha value is -2.74. The van der Waals surface area contributed by atoms with E-state index in [0.29, 0.717) is 22.5 Å². The molecule has 0 fully saturated rings. The van der Waals surface area contributed by atoms with Crippen LogP contribution in [0, 0.1) is 5.92 Å². The Balaban J connectivity index is 1.96. The zero-order valence-electron chi connectivity index (χ0n) is 15.6. The smallest absolute Gasteiger partial charge is 0.227 e. The van der Waals surface area contributed by atoms with Crippen molar-refractivity contribution in [2.75, 3.05) is 5.32 Å². The molecule has 1 amide bonds. The highest BCUT2D eigenvalue weighted by Crippen LogP contribution is 2.26. The number of H-pyrrole nitrogens is 1. The Morgan fingerprint density at radius 3 is 2.37 bits per heavy atom. The van der Waals surface area contributed by atoms with Gasteiger partial charge in [-0.3, -0.25) is 4.79 Å². The van der Waals surface area contributed by atoms with E-state index in [1.807, 2.05) is 13.8 Å². The van der Waals surface area contributed by atoms with E-state index < -0.39 is 15.1 Å². The molecule has 2 aromatic heterocycles. The van der Waals surface area contributed by atoms with Crippen LogP contribution in [0.5, 0.6) is 0 Å². The molecule has 2 N–H and O–H groups in total. The number of carbonyl (C=O) groups is 1. The molecule has 7 nitrogen and oxygen atoms in total. The van der Waals surface area contributed by atoms with Crippen LogP contribution < -0.4 is 5.32 Å². The first-order valence-electron chi connectivity index (χ1n) is 8.69. The van der Waals surface area contributed by atoms with Crippen LogP contribution in [0.2, 0.25) is 0 Å². The van der Waals surface area contributed by atoms with Crippen molar-refractivity contribution in [2.24, 2.45) is 5.92 Å². The largest absolute Gasteiger partial charge is 0.343 e. The summed E-state index contributed by atoms with van der Waals surface area (Å²) in [5.74, 6) is -0.257. The zero-order valence-corrected chi connectivity index (χ0v) is 16.5. The van der Waals surface area contributed by atoms with E-state index in [4.69, 9.17) is 0 Å². The molecule has 0 radical (unpaired) electrons. The average Bonchev–Trinajstić information content (AvgIpc) is 3.03. The van der Waals surface area contributed by atoms with Gasteiger partial charge in [0.25, 0.3) is 0 Å². The van der Waals surface area contributed by atoms with Gasteiger partial charge in [-0.25, -0.2) is 18.4 Å². The summed E-state index contributed by atoms with van der Waals surface area (Å²) in [7, 11) is -3.32. The van der Waals surface area contributed by atoms with E-state index in [-0.39, 0.29) is 16.7 Å². The fourth-order valence-electron chi connectivity index (χ4n) is 2.49. The van der Waals surface area contributed by atoms with Crippen molar-refractivity contribution in [3.63, 3.8) is 0 Å². The molecule has 0 atom stereocenters. The molecule has 3 rings (SSSR count). The van der Waals surface area contributed by atoms with Gasteiger partial charge in [-0.1, -0.05) is 26.0 Å². The number of amides is 1. The van der Waals surface area contributed by atoms with Gasteiger partial charge in [-0.15, -0.1) is 0 Å². The van der Waals surface area contributed by atoms with Gasteiger partial charge in [-0.05, 0) is 26.0 Å². The summed E-state index contributed by atoms with van der Waals surface area (Å²) in [5.41, 5.74) is 3.03. The van der Waals surface area contributed by atoms with Gasteiger partial charge in [-0.2, -0.15) is 0 Å². The minimum atomic E-state index is -3.32. The summed E-state index contributed by atoms with van der Waals surface area (Å²) >= 11 is 0. The average molecular weight is 386 g/mol. The van der Waals surface area contributed by atoms with E-state index >= 15 is 0 Å². The number of nitrogens with one attached hydrogen (secondary N) is 2. The predicted octanol–water partition coefficient (Wildman–Crippen LogP) is 3.40. The van der Waals surface area contributed by atoms with Crippen LogP contribution in [0.3, 0.4) is 0 Å². The highest BCUT2D eigenvalue weighted by atomic mass is 32.2. The number of hydrogen-bond acceptors (Lipinski definition) is 5. The number of hydrogen-bond donors (Lipinski definition) is 2. The van der Waals surface area contributed by atoms with Gasteiger partial charge < -0.3 is 10.3 Å². The normalized spacial score (nSPS) is 12.1. The van der Waals surface area contributed by atoms with Crippen LogP contribution in [0.1, 0.15) is 27.7 Å². The van der Waals surface area contributed by atoms with Crippen LogP contribution >= 0.6 is 0 Å². The molecule has 0 aliphatic heterocycles. The molecule has 0 aliphatic carbocycles. The van der Waals surface area contributed by atoms with Crippen molar-refractivity contribution >= 4 is 32.6 Å². The summed E-state index contributed by atoms with van der Waals surface area (Å²) < 4.78 is 24.5. The first kappa shape index (κ1) is 19.0. The lowest BCUT2D eigenvalue weighted by Crippen LogP contribution is -2.17. The van der Waals surface area contributed by atoms with Crippen molar-refractivity contribution in [1.82, 2.24) is 15.0 Å². The van der Waals surface area contributed by atoms with Crippen molar-refractivity contribution in [3.05, 3.63) is 36.7 Å². The fourth-order valence-corrected chi connectivity index (χ4v) is 3.55. The molecular formula is C19H22N4O3S. The number of fused-ring (bicyclic) bond motifs is 1. The van der Waals surface area contributed by atoms with E-state index in [2.05, 4.69) is 20.3 Å². The maximum absolute atomic E-state index is 12.2. The molecule has 27 heavy (non-hydrogen) atoms. The Kier molecular flexibility index (Phi) is 5.01. The molecule has 0 saturated carbocycles. The van der Waals surface area contributed by atoms with Crippen molar-refractivity contribution in [3.8, 4) is 11.3 Å². The van der Waals surface area contributed by atoms with Crippen molar-refractivity contribution in [1.29, 1.82) is 0 Å². The molecule has 0 spiro atoms. The molecule has 0 bridgehead atoms. The number of aromatic nitrogens is 3. The minimum absolute atomic E-state index is 0.105. The quantitative estimate of drug-likeness (QED) is 0.699. The Morgan fingerprint density at radius 1 is 1.11 bits per heavy atom. The molecule has 142 valence electrons. The van der Waals surface area contributed by atoms with Crippen molar-refractivity contribution in [2.45, 2.75) is 37.8 Å². The molecule has 0 aliphatic rings. The molecule has 8 heteroatoms. The number of rotatable bonds is 5. The lowest BCUT2D eigenvalue weighted by atomic mass is 10.1. The molecular weight excluding hydrogens is 364 g/mol. The Morgan fingerprint density at radius 2 is 1.78 bits per heavy atom. The SMILES string of the molecule is CC(C)C(=O)Nc1c[nH]c2ncc(-c3ccc(S(=O)(=O)C(C)C)cc3)nc12. The minimum Gasteiger partial charge on any atom is -0.343 e. The zero-order chi connectivity index (χ0) is 19.8. The van der Waals surface area contributed by atoms with Crippen LogP contribution in [0.25, 0.3) is 22.4 Å². The standard InChI is InChI=1S/C19H22N4O3S/c1-11(2)19(24)23-16-10-21-18-17(16)22-15(9-20-18)13-5-7-14(8-6-13)27(25,26)12(3)4/h5-12H,1-4H3,(H,20,21)(H,23,24). The number of aromatic amines is 1. The van der Waals surface area contributed by atoms with E-state index in [1.54, 1.807) is 50.5 Å². The molecule has 0 unspecified atom stereocenters. The Labute approximate surface area is 158 Å². The van der Waals surface area contributed by atoms with Crippen molar-refractivity contribution < 1.29 is 13.2 Å². The number of sulfone groups is 1. The maximum Gasteiger partial charge on any atom is 0.227 e. The Bertz CT molecular complexity index is 1080. The summed E-state index contributed by atoms with van der Waals surface area (Å²) in [5, 5.41) is 2.35. The first-order chi connectivity index (χ1) is 12.7. The highest BCUT2D eigenvalue weighted by molar-refractivity contribution is 7.92. The number of carbonyl (C=O) groups excluding carboxylic acids is 1. The third kappa shape index (κ3) is 3.71. The van der Waals surface area contributed by atoms with Crippen LogP contribution in [-0.4, -0.2) is 34.5 Å². The summed E-state index contributed by atoms with van der Waals surface area (Å²) in [6.45, 7) is 6.94. The molecule has 3 aromatic rings. The van der Waals surface area contributed by atoms with Gasteiger partial charge in [0.2, 0.25) is 5.91 Å². The van der Waals surface area contributed by atoms with Crippen LogP contribution in [0.4, 0.5) is 5.69 Å². The first-order valence-corrected chi connectivity index (χ1v) is 10.2. The third-order valence-corrected chi connectivity index (χ3v) is 6.43. The maximum atomic E-state index is 12.2. The number of anilines is 1. The van der Waals surface area contributed by atoms with Crippen LogP contribution in [0.15, 0.2) is 41.6 Å². The van der Waals surface area contributed by atoms with E-state index in [1.165, 1.54) is 0 Å². The lowest BCUT2D eigenvalue weighted by Gasteiger charge is -2.09. The predicted molar refractivity (Wildman–Crippen MR) is 105 cm³/mol. The second kappa shape index (κ2) is 7.11. The second-order valence-corrected chi connectivity index (χ2v) is 9.42. The number of benzene rings is 1. The third-order valence-electron chi connectivity index (χ3n) is 4.26. The summed E-state index contributed by atoms with van der Waals surface area (Å²) in [4.78, 5) is 24.2. The summed E-state index contributed by atoms with van der Waals surface area (Å²) in [6, 6.07) is 6.58. The molecule has 0 saturated heterocycles. The topological polar surface area (TPSA) is 105 Å². The number of nitrogens with zero attached hydrogens (tertiary/aromatic N) is 2. The van der Waals surface area contributed by atoms with Crippen LogP contribution in [-0.2, 0) is 14.6 Å². The monoisotopic (exact) mass is 386 g/mol. The van der Waals surface area contributed by atoms with E-state index in [0.717, 1.165) is 5.56 Å². The molecule has 1 aromatic carbocycles. The highest BCUT2D eigenvalue weighted by Gasteiger charge is 2.19. The lowest BCUT2D eigenvalue weighted by molar-refractivity contribution is -0.118. The summed E-state index contributed by atoms with van der Waals surface area (Å²) in [6.07, 6.45) is 3.27. The van der Waals surface area contributed by atoms with Gasteiger partial charge in [0.15, 0.2) is 15.5 Å². The fraction of sp³-hybridized carbons (Fsp3) is 0.316. The van der Waals surface area contributed by atoms with Gasteiger partial charge in [0.1, 0.15) is 5.52 Å².